The Morgan fingerprint density at radius 2 is 1.85 bits per heavy atom. The van der Waals surface area contributed by atoms with Crippen LogP contribution >= 0.6 is 0 Å². The van der Waals surface area contributed by atoms with Gasteiger partial charge in [0.05, 0.1) is 0 Å². The molecule has 2 N–H and O–H groups in total. The number of hydrogen-bond donors (Lipinski definition) is 1. The summed E-state index contributed by atoms with van der Waals surface area (Å²) in [7, 11) is 0. The highest BCUT2D eigenvalue weighted by Crippen LogP contribution is 2.45. The van der Waals surface area contributed by atoms with Gasteiger partial charge in [0.1, 0.15) is 0 Å². The van der Waals surface area contributed by atoms with E-state index in [1.165, 1.54) is 51.9 Å². The van der Waals surface area contributed by atoms with Gasteiger partial charge >= 0.3 is 0 Å². The van der Waals surface area contributed by atoms with Crippen LogP contribution in [0.2, 0.25) is 0 Å². The standard InChI is InChI=1S/C17H33N3/c1-12(2)10-20-11-15-14-6-8-19(9-7-14)17(15)16(20)5-4-13(3)18/h12-17H,4-11,18H2,1-3H3. The van der Waals surface area contributed by atoms with Crippen LogP contribution in [0.1, 0.15) is 46.5 Å². The lowest BCUT2D eigenvalue weighted by molar-refractivity contribution is 0.00166. The lowest BCUT2D eigenvalue weighted by atomic mass is 9.73. The number of fused-ring (bicyclic) bond motifs is 2. The summed E-state index contributed by atoms with van der Waals surface area (Å²) in [6, 6.07) is 1.97. The van der Waals surface area contributed by atoms with Gasteiger partial charge in [0.25, 0.3) is 0 Å². The average molecular weight is 279 g/mol. The molecule has 4 aliphatic heterocycles. The summed E-state index contributed by atoms with van der Waals surface area (Å²) in [5.41, 5.74) is 6.03. The van der Waals surface area contributed by atoms with Gasteiger partial charge in [-0.2, -0.15) is 0 Å². The largest absolute Gasteiger partial charge is 0.328 e. The minimum atomic E-state index is 0.353. The summed E-state index contributed by atoms with van der Waals surface area (Å²) in [4.78, 5) is 5.63. The zero-order valence-corrected chi connectivity index (χ0v) is 13.6. The van der Waals surface area contributed by atoms with Crippen LogP contribution < -0.4 is 5.73 Å². The van der Waals surface area contributed by atoms with Crippen LogP contribution in [-0.4, -0.2) is 54.1 Å². The SMILES string of the molecule is CC(C)CN1CC2C3CCN(CC3)C2C1CCC(C)N. The van der Waals surface area contributed by atoms with E-state index in [0.29, 0.717) is 6.04 Å². The third kappa shape index (κ3) is 2.77. The molecule has 0 amide bonds. The van der Waals surface area contributed by atoms with Crippen LogP contribution in [-0.2, 0) is 0 Å². The molecular formula is C17H33N3. The Kier molecular flexibility index (Phi) is 4.40. The molecule has 4 unspecified atom stereocenters. The lowest BCUT2D eigenvalue weighted by Crippen LogP contribution is -2.57. The molecule has 4 atom stereocenters. The molecule has 2 bridgehead atoms. The van der Waals surface area contributed by atoms with Crippen molar-refractivity contribution in [2.45, 2.75) is 64.6 Å². The van der Waals surface area contributed by atoms with Gasteiger partial charge in [-0.05, 0) is 63.5 Å². The van der Waals surface area contributed by atoms with Gasteiger partial charge < -0.3 is 5.73 Å². The van der Waals surface area contributed by atoms with E-state index in [0.717, 1.165) is 29.8 Å². The second-order valence-corrected chi connectivity index (χ2v) is 8.00. The molecule has 116 valence electrons. The van der Waals surface area contributed by atoms with Gasteiger partial charge in [0.15, 0.2) is 0 Å². The summed E-state index contributed by atoms with van der Waals surface area (Å²) in [6.07, 6.45) is 5.39. The maximum atomic E-state index is 6.03. The molecule has 20 heavy (non-hydrogen) atoms. The molecule has 4 aliphatic rings. The first-order valence-corrected chi connectivity index (χ1v) is 8.80. The van der Waals surface area contributed by atoms with E-state index in [1.807, 2.05) is 0 Å². The van der Waals surface area contributed by atoms with Crippen molar-refractivity contribution in [2.75, 3.05) is 26.2 Å². The molecule has 4 heterocycles. The minimum Gasteiger partial charge on any atom is -0.328 e. The number of piperidine rings is 3. The van der Waals surface area contributed by atoms with Crippen LogP contribution in [0.4, 0.5) is 0 Å². The summed E-state index contributed by atoms with van der Waals surface area (Å²) in [5, 5.41) is 0. The van der Waals surface area contributed by atoms with E-state index < -0.39 is 0 Å². The fraction of sp³-hybridized carbons (Fsp3) is 1.00. The number of hydrogen-bond acceptors (Lipinski definition) is 3. The monoisotopic (exact) mass is 279 g/mol. The van der Waals surface area contributed by atoms with Crippen molar-refractivity contribution in [3.8, 4) is 0 Å². The van der Waals surface area contributed by atoms with Gasteiger partial charge in [0, 0.05) is 31.2 Å². The Morgan fingerprint density at radius 1 is 1.15 bits per heavy atom. The van der Waals surface area contributed by atoms with Crippen LogP contribution in [0.25, 0.3) is 0 Å². The van der Waals surface area contributed by atoms with Gasteiger partial charge in [-0.25, -0.2) is 0 Å². The van der Waals surface area contributed by atoms with Crippen LogP contribution in [0.3, 0.4) is 0 Å². The molecule has 4 rings (SSSR count). The van der Waals surface area contributed by atoms with Crippen LogP contribution in [0.5, 0.6) is 0 Å². The zero-order chi connectivity index (χ0) is 14.3. The van der Waals surface area contributed by atoms with Crippen LogP contribution in [0, 0.1) is 17.8 Å². The van der Waals surface area contributed by atoms with Crippen molar-refractivity contribution in [1.29, 1.82) is 0 Å². The predicted molar refractivity (Wildman–Crippen MR) is 84.7 cm³/mol. The van der Waals surface area contributed by atoms with Crippen molar-refractivity contribution in [3.05, 3.63) is 0 Å². The maximum absolute atomic E-state index is 6.03. The zero-order valence-electron chi connectivity index (χ0n) is 13.6. The molecule has 0 aromatic heterocycles. The number of rotatable bonds is 5. The highest BCUT2D eigenvalue weighted by molar-refractivity contribution is 5.06. The summed E-state index contributed by atoms with van der Waals surface area (Å²) in [5.74, 6) is 2.75. The fourth-order valence-corrected chi connectivity index (χ4v) is 5.07. The predicted octanol–water partition coefficient (Wildman–Crippen LogP) is 2.16. The Morgan fingerprint density at radius 3 is 2.45 bits per heavy atom. The molecule has 0 aromatic carbocycles. The molecule has 0 aromatic rings. The smallest absolute Gasteiger partial charge is 0.0294 e. The Balaban J connectivity index is 1.74. The second-order valence-electron chi connectivity index (χ2n) is 8.00. The van der Waals surface area contributed by atoms with E-state index in [1.54, 1.807) is 0 Å². The van der Waals surface area contributed by atoms with Crippen molar-refractivity contribution < 1.29 is 0 Å². The number of nitrogens with two attached hydrogens (primary N) is 1. The van der Waals surface area contributed by atoms with Gasteiger partial charge in [0.2, 0.25) is 0 Å². The summed E-state index contributed by atoms with van der Waals surface area (Å²) >= 11 is 0. The van der Waals surface area contributed by atoms with Crippen LogP contribution in [0.15, 0.2) is 0 Å². The summed E-state index contributed by atoms with van der Waals surface area (Å²) < 4.78 is 0. The molecule has 4 fully saturated rings. The van der Waals surface area contributed by atoms with Crippen molar-refractivity contribution in [2.24, 2.45) is 23.5 Å². The molecular weight excluding hydrogens is 246 g/mol. The first-order valence-electron chi connectivity index (χ1n) is 8.80. The normalized spacial score (nSPS) is 42.1. The first kappa shape index (κ1) is 14.8. The second kappa shape index (κ2) is 5.94. The Bertz CT molecular complexity index is 320. The van der Waals surface area contributed by atoms with E-state index >= 15 is 0 Å². The van der Waals surface area contributed by atoms with Crippen molar-refractivity contribution in [1.82, 2.24) is 9.80 Å². The van der Waals surface area contributed by atoms with E-state index in [9.17, 15) is 0 Å². The van der Waals surface area contributed by atoms with Gasteiger partial charge in [-0.1, -0.05) is 13.8 Å². The molecule has 0 saturated carbocycles. The third-order valence-electron chi connectivity index (χ3n) is 5.87. The molecule has 3 heteroatoms. The van der Waals surface area contributed by atoms with E-state index in [-0.39, 0.29) is 0 Å². The van der Waals surface area contributed by atoms with Crippen molar-refractivity contribution in [3.63, 3.8) is 0 Å². The first-order chi connectivity index (χ1) is 9.56. The maximum Gasteiger partial charge on any atom is 0.0294 e. The topological polar surface area (TPSA) is 32.5 Å². The molecule has 0 radical (unpaired) electrons. The van der Waals surface area contributed by atoms with E-state index in [2.05, 4.69) is 30.6 Å². The molecule has 4 saturated heterocycles. The molecule has 0 spiro atoms. The van der Waals surface area contributed by atoms with Gasteiger partial charge in [-0.15, -0.1) is 0 Å². The van der Waals surface area contributed by atoms with Crippen molar-refractivity contribution >= 4 is 0 Å². The number of nitrogens with zero attached hydrogens (tertiary/aromatic N) is 2. The quantitative estimate of drug-likeness (QED) is 0.837. The molecule has 0 aliphatic carbocycles. The van der Waals surface area contributed by atoms with Gasteiger partial charge in [-0.3, -0.25) is 9.80 Å². The highest BCUT2D eigenvalue weighted by atomic mass is 15.3. The number of likely N-dealkylation sites (tertiary alicyclic amines) is 1. The summed E-state index contributed by atoms with van der Waals surface area (Å²) in [6.45, 7) is 12.2. The Hall–Kier alpha value is -0.120. The average Bonchev–Trinajstić information content (AvgIpc) is 2.77. The third-order valence-corrected chi connectivity index (χ3v) is 5.87. The lowest BCUT2D eigenvalue weighted by Gasteiger charge is -2.49. The Labute approximate surface area is 124 Å². The minimum absolute atomic E-state index is 0.353. The highest BCUT2D eigenvalue weighted by Gasteiger charge is 2.51. The van der Waals surface area contributed by atoms with E-state index in [4.69, 9.17) is 5.73 Å². The fourth-order valence-electron chi connectivity index (χ4n) is 5.07. The molecule has 3 nitrogen and oxygen atoms in total.